The highest BCUT2D eigenvalue weighted by molar-refractivity contribution is 5.67. The fourth-order valence-electron chi connectivity index (χ4n) is 2.96. The molecule has 1 fully saturated rings. The number of aliphatic carboxylic acids is 1. The monoisotopic (exact) mass is 296 g/mol. The van der Waals surface area contributed by atoms with E-state index in [4.69, 9.17) is 9.84 Å². The zero-order valence-corrected chi connectivity index (χ0v) is 12.6. The van der Waals surface area contributed by atoms with E-state index in [1.807, 2.05) is 0 Å². The quantitative estimate of drug-likeness (QED) is 0.863. The van der Waals surface area contributed by atoms with E-state index in [1.165, 1.54) is 39.2 Å². The largest absolute Gasteiger partial charge is 0.481 e. The van der Waals surface area contributed by atoms with E-state index in [0.29, 0.717) is 12.5 Å². The molecular formula is C14H24N4O3. The van der Waals surface area contributed by atoms with Crippen molar-refractivity contribution in [2.45, 2.75) is 69.9 Å². The van der Waals surface area contributed by atoms with Crippen LogP contribution >= 0.6 is 0 Å². The van der Waals surface area contributed by atoms with E-state index in [1.54, 1.807) is 4.68 Å². The van der Waals surface area contributed by atoms with Crippen LogP contribution < -0.4 is 0 Å². The molecule has 0 bridgehead atoms. The van der Waals surface area contributed by atoms with Crippen molar-refractivity contribution in [2.24, 2.45) is 0 Å². The standard InChI is InChI=1S/C14H24N4O3/c1-21-12(9-13(19)20)10-18-14(15-16-17-18)11-7-5-3-2-4-6-8-11/h11-12H,2-10H2,1H3,(H,19,20). The van der Waals surface area contributed by atoms with Crippen molar-refractivity contribution in [1.29, 1.82) is 0 Å². The summed E-state index contributed by atoms with van der Waals surface area (Å²) in [7, 11) is 1.52. The predicted molar refractivity (Wildman–Crippen MR) is 75.9 cm³/mol. The lowest BCUT2D eigenvalue weighted by Gasteiger charge is -2.20. The molecule has 0 spiro atoms. The lowest BCUT2D eigenvalue weighted by molar-refractivity contribution is -0.140. The number of hydrogen-bond donors (Lipinski definition) is 1. The number of ether oxygens (including phenoxy) is 1. The van der Waals surface area contributed by atoms with Gasteiger partial charge in [0.15, 0.2) is 5.82 Å². The molecule has 1 unspecified atom stereocenters. The van der Waals surface area contributed by atoms with Crippen molar-refractivity contribution >= 4 is 5.97 Å². The van der Waals surface area contributed by atoms with E-state index >= 15 is 0 Å². The Balaban J connectivity index is 2.03. The predicted octanol–water partition coefficient (Wildman–Crippen LogP) is 1.99. The Morgan fingerprint density at radius 1 is 1.33 bits per heavy atom. The average Bonchev–Trinajstić information content (AvgIpc) is 2.85. The first-order valence-electron chi connectivity index (χ1n) is 7.71. The van der Waals surface area contributed by atoms with Crippen LogP contribution in [0, 0.1) is 0 Å². The second kappa shape index (κ2) is 8.07. The maximum absolute atomic E-state index is 10.8. The van der Waals surface area contributed by atoms with Gasteiger partial charge in [-0.05, 0) is 23.3 Å². The average molecular weight is 296 g/mol. The summed E-state index contributed by atoms with van der Waals surface area (Å²) in [6.07, 6.45) is 8.06. The van der Waals surface area contributed by atoms with Gasteiger partial charge in [0.2, 0.25) is 0 Å². The molecule has 0 aromatic carbocycles. The first-order valence-corrected chi connectivity index (χ1v) is 7.71. The van der Waals surface area contributed by atoms with Gasteiger partial charge in [-0.25, -0.2) is 4.68 Å². The maximum atomic E-state index is 10.8. The summed E-state index contributed by atoms with van der Waals surface area (Å²) in [6.45, 7) is 0.391. The highest BCUT2D eigenvalue weighted by Crippen LogP contribution is 2.29. The Kier molecular flexibility index (Phi) is 6.10. The SMILES string of the molecule is COC(CC(=O)O)Cn1nnnc1C1CCCCCCC1. The molecule has 21 heavy (non-hydrogen) atoms. The van der Waals surface area contributed by atoms with Gasteiger partial charge < -0.3 is 9.84 Å². The second-order valence-electron chi connectivity index (χ2n) is 5.72. The van der Waals surface area contributed by atoms with Crippen molar-refractivity contribution in [1.82, 2.24) is 20.2 Å². The van der Waals surface area contributed by atoms with Gasteiger partial charge in [0.05, 0.1) is 19.1 Å². The number of nitrogens with zero attached hydrogens (tertiary/aromatic N) is 4. The molecule has 1 saturated carbocycles. The molecule has 0 aliphatic heterocycles. The number of carboxylic acid groups (broad SMARTS) is 1. The Morgan fingerprint density at radius 2 is 2.00 bits per heavy atom. The highest BCUT2D eigenvalue weighted by atomic mass is 16.5. The molecule has 7 nitrogen and oxygen atoms in total. The van der Waals surface area contributed by atoms with Gasteiger partial charge in [-0.3, -0.25) is 4.79 Å². The molecule has 0 amide bonds. The molecular weight excluding hydrogens is 272 g/mol. The number of hydrogen-bond acceptors (Lipinski definition) is 5. The van der Waals surface area contributed by atoms with Crippen LogP contribution in [-0.4, -0.2) is 44.5 Å². The molecule has 0 saturated heterocycles. The van der Waals surface area contributed by atoms with Crippen molar-refractivity contribution in [3.8, 4) is 0 Å². The normalized spacial score (nSPS) is 18.9. The van der Waals surface area contributed by atoms with Crippen molar-refractivity contribution < 1.29 is 14.6 Å². The zero-order valence-electron chi connectivity index (χ0n) is 12.6. The number of rotatable bonds is 6. The highest BCUT2D eigenvalue weighted by Gasteiger charge is 2.22. The molecule has 1 N–H and O–H groups in total. The van der Waals surface area contributed by atoms with Crippen LogP contribution in [0.1, 0.15) is 63.1 Å². The lowest BCUT2D eigenvalue weighted by atomic mass is 9.90. The Labute approximate surface area is 124 Å². The summed E-state index contributed by atoms with van der Waals surface area (Å²) in [5.74, 6) is 0.384. The third kappa shape index (κ3) is 4.77. The van der Waals surface area contributed by atoms with Gasteiger partial charge in [0, 0.05) is 13.0 Å². The van der Waals surface area contributed by atoms with Gasteiger partial charge in [-0.1, -0.05) is 32.1 Å². The van der Waals surface area contributed by atoms with Crippen molar-refractivity contribution in [3.05, 3.63) is 5.82 Å². The Hall–Kier alpha value is -1.50. The van der Waals surface area contributed by atoms with E-state index in [0.717, 1.165) is 18.7 Å². The first-order chi connectivity index (χ1) is 10.2. The number of methoxy groups -OCH3 is 1. The Bertz CT molecular complexity index is 441. The molecule has 2 rings (SSSR count). The van der Waals surface area contributed by atoms with Crippen molar-refractivity contribution in [3.63, 3.8) is 0 Å². The van der Waals surface area contributed by atoms with E-state index in [9.17, 15) is 4.79 Å². The fourth-order valence-corrected chi connectivity index (χ4v) is 2.96. The lowest BCUT2D eigenvalue weighted by Crippen LogP contribution is -2.25. The molecule has 1 aromatic heterocycles. The Morgan fingerprint density at radius 3 is 2.62 bits per heavy atom. The summed E-state index contributed by atoms with van der Waals surface area (Å²) < 4.78 is 6.95. The van der Waals surface area contributed by atoms with Crippen molar-refractivity contribution in [2.75, 3.05) is 7.11 Å². The van der Waals surface area contributed by atoms with Crippen LogP contribution in [0.15, 0.2) is 0 Å². The van der Waals surface area contributed by atoms with Crippen LogP contribution in [0.4, 0.5) is 0 Å². The molecule has 1 heterocycles. The maximum Gasteiger partial charge on any atom is 0.306 e. The topological polar surface area (TPSA) is 90.1 Å². The third-order valence-electron chi connectivity index (χ3n) is 4.14. The van der Waals surface area contributed by atoms with Crippen LogP contribution in [0.5, 0.6) is 0 Å². The summed E-state index contributed by atoms with van der Waals surface area (Å²) in [6, 6.07) is 0. The van der Waals surface area contributed by atoms with Crippen LogP contribution in [0.2, 0.25) is 0 Å². The summed E-state index contributed by atoms with van der Waals surface area (Å²) in [4.78, 5) is 10.8. The number of carbonyl (C=O) groups is 1. The van der Waals surface area contributed by atoms with Gasteiger partial charge in [-0.15, -0.1) is 5.10 Å². The number of tetrazole rings is 1. The van der Waals surface area contributed by atoms with Gasteiger partial charge in [0.1, 0.15) is 0 Å². The molecule has 0 radical (unpaired) electrons. The van der Waals surface area contributed by atoms with E-state index < -0.39 is 12.1 Å². The van der Waals surface area contributed by atoms with Gasteiger partial charge >= 0.3 is 5.97 Å². The first kappa shape index (κ1) is 15.9. The van der Waals surface area contributed by atoms with E-state index in [2.05, 4.69) is 15.5 Å². The van der Waals surface area contributed by atoms with Gasteiger partial charge in [0.25, 0.3) is 0 Å². The minimum absolute atomic E-state index is 0.0412. The minimum atomic E-state index is -0.873. The molecule has 7 heteroatoms. The molecule has 1 atom stereocenters. The molecule has 118 valence electrons. The van der Waals surface area contributed by atoms with Crippen LogP contribution in [0.25, 0.3) is 0 Å². The zero-order chi connectivity index (χ0) is 15.1. The summed E-state index contributed by atoms with van der Waals surface area (Å²) >= 11 is 0. The summed E-state index contributed by atoms with van der Waals surface area (Å²) in [5, 5.41) is 20.9. The number of carboxylic acids is 1. The number of aromatic nitrogens is 4. The van der Waals surface area contributed by atoms with Crippen LogP contribution in [-0.2, 0) is 16.1 Å². The molecule has 1 aliphatic carbocycles. The smallest absolute Gasteiger partial charge is 0.306 e. The second-order valence-corrected chi connectivity index (χ2v) is 5.72. The van der Waals surface area contributed by atoms with Gasteiger partial charge in [-0.2, -0.15) is 0 Å². The van der Waals surface area contributed by atoms with E-state index in [-0.39, 0.29) is 6.42 Å². The summed E-state index contributed by atoms with van der Waals surface area (Å²) in [5.41, 5.74) is 0. The third-order valence-corrected chi connectivity index (χ3v) is 4.14. The minimum Gasteiger partial charge on any atom is -0.481 e. The van der Waals surface area contributed by atoms with Crippen LogP contribution in [0.3, 0.4) is 0 Å². The molecule has 1 aliphatic rings. The molecule has 1 aromatic rings. The fraction of sp³-hybridized carbons (Fsp3) is 0.857.